The topological polar surface area (TPSA) is 93.0 Å². The van der Waals surface area contributed by atoms with Crippen molar-refractivity contribution in [3.05, 3.63) is 61.3 Å². The van der Waals surface area contributed by atoms with Crippen LogP contribution in [0.15, 0.2) is 61.3 Å². The first kappa shape index (κ1) is 15.9. The standard InChI is InChI=1S/C18H16N6O2/c25-16-9-13(10-23(16)14-5-2-1-3-6-14)18(26)22-15-7-4-8-20-17(15)24-12-19-11-21-24/h1-8,11-13H,9-10H2,(H,22,26)/t13-/m0/s1. The minimum Gasteiger partial charge on any atom is -0.323 e. The van der Waals surface area contributed by atoms with Crippen LogP contribution in [-0.4, -0.2) is 38.1 Å². The maximum absolute atomic E-state index is 12.7. The van der Waals surface area contributed by atoms with E-state index in [0.29, 0.717) is 18.1 Å². The largest absolute Gasteiger partial charge is 0.323 e. The van der Waals surface area contributed by atoms with Crippen LogP contribution in [0.5, 0.6) is 0 Å². The quantitative estimate of drug-likeness (QED) is 0.774. The van der Waals surface area contributed by atoms with Gasteiger partial charge in [-0.2, -0.15) is 5.10 Å². The van der Waals surface area contributed by atoms with Crippen LogP contribution in [0.25, 0.3) is 5.82 Å². The summed E-state index contributed by atoms with van der Waals surface area (Å²) in [6.45, 7) is 0.355. The molecule has 1 N–H and O–H groups in total. The molecule has 3 aromatic rings. The van der Waals surface area contributed by atoms with Crippen molar-refractivity contribution in [2.75, 3.05) is 16.8 Å². The summed E-state index contributed by atoms with van der Waals surface area (Å²) in [5.74, 6) is -0.223. The number of hydrogen-bond donors (Lipinski definition) is 1. The summed E-state index contributed by atoms with van der Waals surface area (Å²) in [4.78, 5) is 34.8. The van der Waals surface area contributed by atoms with Crippen molar-refractivity contribution >= 4 is 23.2 Å². The second-order valence-corrected chi connectivity index (χ2v) is 5.94. The lowest BCUT2D eigenvalue weighted by molar-refractivity contribution is -0.122. The zero-order chi connectivity index (χ0) is 17.9. The van der Waals surface area contributed by atoms with Gasteiger partial charge < -0.3 is 10.2 Å². The molecule has 4 rings (SSSR count). The number of nitrogens with zero attached hydrogens (tertiary/aromatic N) is 5. The third-order valence-electron chi connectivity index (χ3n) is 4.24. The van der Waals surface area contributed by atoms with Crippen molar-refractivity contribution in [3.63, 3.8) is 0 Å². The summed E-state index contributed by atoms with van der Waals surface area (Å²) in [5.41, 5.74) is 1.33. The molecule has 2 aromatic heterocycles. The van der Waals surface area contributed by atoms with Gasteiger partial charge >= 0.3 is 0 Å². The molecule has 8 nitrogen and oxygen atoms in total. The molecule has 1 aromatic carbocycles. The van der Waals surface area contributed by atoms with Gasteiger partial charge in [0.25, 0.3) is 0 Å². The molecule has 1 atom stereocenters. The van der Waals surface area contributed by atoms with E-state index in [1.54, 1.807) is 23.2 Å². The Hall–Kier alpha value is -3.55. The molecule has 0 radical (unpaired) electrons. The highest BCUT2D eigenvalue weighted by Crippen LogP contribution is 2.26. The number of carbonyl (C=O) groups is 2. The van der Waals surface area contributed by atoms with Crippen LogP contribution in [0.3, 0.4) is 0 Å². The smallest absolute Gasteiger partial charge is 0.229 e. The van der Waals surface area contributed by atoms with E-state index in [1.165, 1.54) is 17.3 Å². The Kier molecular flexibility index (Phi) is 4.14. The molecule has 1 aliphatic heterocycles. The van der Waals surface area contributed by atoms with Crippen LogP contribution < -0.4 is 10.2 Å². The molecule has 130 valence electrons. The molecular weight excluding hydrogens is 332 g/mol. The molecule has 0 unspecified atom stereocenters. The first-order valence-electron chi connectivity index (χ1n) is 8.18. The average molecular weight is 348 g/mol. The molecule has 1 saturated heterocycles. The first-order valence-corrected chi connectivity index (χ1v) is 8.18. The monoisotopic (exact) mass is 348 g/mol. The lowest BCUT2D eigenvalue weighted by atomic mass is 10.1. The second kappa shape index (κ2) is 6.75. The Morgan fingerprint density at radius 2 is 2.00 bits per heavy atom. The van der Waals surface area contributed by atoms with E-state index >= 15 is 0 Å². The van der Waals surface area contributed by atoms with Crippen LogP contribution in [0, 0.1) is 5.92 Å². The maximum atomic E-state index is 12.7. The predicted molar refractivity (Wildman–Crippen MR) is 94.7 cm³/mol. The van der Waals surface area contributed by atoms with Crippen LogP contribution >= 0.6 is 0 Å². The highest BCUT2D eigenvalue weighted by Gasteiger charge is 2.35. The van der Waals surface area contributed by atoms with Crippen molar-refractivity contribution in [2.45, 2.75) is 6.42 Å². The van der Waals surface area contributed by atoms with E-state index < -0.39 is 5.92 Å². The number of carbonyl (C=O) groups excluding carboxylic acids is 2. The summed E-state index contributed by atoms with van der Waals surface area (Å²) >= 11 is 0. The van der Waals surface area contributed by atoms with E-state index in [4.69, 9.17) is 0 Å². The molecule has 1 aliphatic rings. The van der Waals surface area contributed by atoms with Gasteiger partial charge in [0.05, 0.1) is 11.6 Å². The number of hydrogen-bond acceptors (Lipinski definition) is 5. The molecule has 3 heterocycles. The number of pyridine rings is 1. The summed E-state index contributed by atoms with van der Waals surface area (Å²) < 4.78 is 1.48. The highest BCUT2D eigenvalue weighted by molar-refractivity contribution is 6.03. The Morgan fingerprint density at radius 1 is 1.15 bits per heavy atom. The van der Waals surface area contributed by atoms with Crippen LogP contribution in [0.1, 0.15) is 6.42 Å². The van der Waals surface area contributed by atoms with Gasteiger partial charge in [-0.25, -0.2) is 14.6 Å². The number of rotatable bonds is 4. The number of para-hydroxylation sites is 1. The van der Waals surface area contributed by atoms with Crippen molar-refractivity contribution < 1.29 is 9.59 Å². The SMILES string of the molecule is O=C(Nc1cccnc1-n1cncn1)[C@H]1CC(=O)N(c2ccccc2)C1. The summed E-state index contributed by atoms with van der Waals surface area (Å²) in [5, 5.41) is 6.91. The highest BCUT2D eigenvalue weighted by atomic mass is 16.2. The Labute approximate surface area is 149 Å². The number of benzene rings is 1. The van der Waals surface area contributed by atoms with E-state index in [-0.39, 0.29) is 18.2 Å². The molecule has 0 spiro atoms. The minimum absolute atomic E-state index is 0.0564. The van der Waals surface area contributed by atoms with E-state index in [9.17, 15) is 9.59 Å². The molecule has 2 amide bonds. The average Bonchev–Trinajstić information content (AvgIpc) is 3.33. The third-order valence-corrected chi connectivity index (χ3v) is 4.24. The van der Waals surface area contributed by atoms with Gasteiger partial charge in [0.2, 0.25) is 11.8 Å². The normalized spacial score (nSPS) is 16.7. The third kappa shape index (κ3) is 3.04. The van der Waals surface area contributed by atoms with E-state index in [2.05, 4.69) is 20.4 Å². The number of nitrogens with one attached hydrogen (secondary N) is 1. The fraction of sp³-hybridized carbons (Fsp3) is 0.167. The molecule has 0 saturated carbocycles. The van der Waals surface area contributed by atoms with E-state index in [0.717, 1.165) is 5.69 Å². The lowest BCUT2D eigenvalue weighted by Gasteiger charge is -2.17. The van der Waals surface area contributed by atoms with Crippen molar-refractivity contribution in [3.8, 4) is 5.82 Å². The Morgan fingerprint density at radius 3 is 2.77 bits per heavy atom. The zero-order valence-corrected chi connectivity index (χ0v) is 13.8. The maximum Gasteiger partial charge on any atom is 0.229 e. The van der Waals surface area contributed by atoms with Gasteiger partial charge in [0, 0.05) is 24.8 Å². The van der Waals surface area contributed by atoms with Crippen molar-refractivity contribution in [1.82, 2.24) is 19.7 Å². The van der Waals surface area contributed by atoms with Gasteiger partial charge in [-0.15, -0.1) is 0 Å². The van der Waals surface area contributed by atoms with Crippen LogP contribution in [0.4, 0.5) is 11.4 Å². The Balaban J connectivity index is 1.51. The number of aromatic nitrogens is 4. The van der Waals surface area contributed by atoms with Gasteiger partial charge in [0.15, 0.2) is 5.82 Å². The fourth-order valence-corrected chi connectivity index (χ4v) is 2.97. The van der Waals surface area contributed by atoms with Gasteiger partial charge in [-0.1, -0.05) is 18.2 Å². The molecule has 1 fully saturated rings. The summed E-state index contributed by atoms with van der Waals surface area (Å²) in [6, 6.07) is 12.8. The molecule has 0 bridgehead atoms. The molecular formula is C18H16N6O2. The molecule has 8 heteroatoms. The Bertz CT molecular complexity index is 926. The first-order chi connectivity index (χ1) is 12.7. The fourth-order valence-electron chi connectivity index (χ4n) is 2.97. The predicted octanol–water partition coefficient (Wildman–Crippen LogP) is 1.65. The van der Waals surface area contributed by atoms with Gasteiger partial charge in [0.1, 0.15) is 12.7 Å². The lowest BCUT2D eigenvalue weighted by Crippen LogP contribution is -2.28. The molecule has 26 heavy (non-hydrogen) atoms. The number of amides is 2. The van der Waals surface area contributed by atoms with Gasteiger partial charge in [-0.05, 0) is 24.3 Å². The van der Waals surface area contributed by atoms with Gasteiger partial charge in [-0.3, -0.25) is 9.59 Å². The number of anilines is 2. The van der Waals surface area contributed by atoms with Crippen LogP contribution in [-0.2, 0) is 9.59 Å². The zero-order valence-electron chi connectivity index (χ0n) is 13.8. The van der Waals surface area contributed by atoms with E-state index in [1.807, 2.05) is 30.3 Å². The minimum atomic E-state index is -0.425. The van der Waals surface area contributed by atoms with Crippen LogP contribution in [0.2, 0.25) is 0 Å². The molecule has 0 aliphatic carbocycles. The van der Waals surface area contributed by atoms with Crippen molar-refractivity contribution in [2.24, 2.45) is 5.92 Å². The summed E-state index contributed by atoms with van der Waals surface area (Å²) in [7, 11) is 0. The van der Waals surface area contributed by atoms with Crippen molar-refractivity contribution in [1.29, 1.82) is 0 Å². The second-order valence-electron chi connectivity index (χ2n) is 5.94. The summed E-state index contributed by atoms with van der Waals surface area (Å²) in [6.07, 6.45) is 4.70.